The fraction of sp³-hybridized carbons (Fsp3) is 0.375. The molecule has 1 aliphatic carbocycles. The summed E-state index contributed by atoms with van der Waals surface area (Å²) >= 11 is 1.56. The summed E-state index contributed by atoms with van der Waals surface area (Å²) in [7, 11) is 1.72. The van der Waals surface area contributed by atoms with Crippen molar-refractivity contribution in [1.29, 1.82) is 0 Å². The largest absolute Gasteiger partial charge is 0.391 e. The number of hydrogen-bond acceptors (Lipinski definition) is 4. The van der Waals surface area contributed by atoms with Crippen molar-refractivity contribution in [1.82, 2.24) is 9.88 Å². The summed E-state index contributed by atoms with van der Waals surface area (Å²) < 4.78 is 1.11. The Morgan fingerprint density at radius 3 is 3.00 bits per heavy atom. The molecule has 1 N–H and O–H groups in total. The van der Waals surface area contributed by atoms with Gasteiger partial charge in [0.25, 0.3) is 0 Å². The van der Waals surface area contributed by atoms with E-state index in [1.54, 1.807) is 29.4 Å². The highest BCUT2D eigenvalue weighted by Gasteiger charge is 2.30. The number of fused-ring (bicyclic) bond motifs is 1. The highest BCUT2D eigenvalue weighted by atomic mass is 32.1. The van der Waals surface area contributed by atoms with Crippen LogP contribution in [-0.2, 0) is 4.79 Å². The minimum absolute atomic E-state index is 0.103. The van der Waals surface area contributed by atoms with Crippen molar-refractivity contribution in [2.24, 2.45) is 5.92 Å². The monoisotopic (exact) mass is 302 g/mol. The van der Waals surface area contributed by atoms with Gasteiger partial charge in [-0.3, -0.25) is 4.79 Å². The van der Waals surface area contributed by atoms with Crippen molar-refractivity contribution in [2.45, 2.75) is 18.9 Å². The van der Waals surface area contributed by atoms with Crippen LogP contribution in [0, 0.1) is 5.92 Å². The normalized spacial score (nSPS) is 16.5. The Bertz CT molecular complexity index is 643. The first-order valence-electron chi connectivity index (χ1n) is 7.10. The maximum Gasteiger partial charge on any atom is 0.246 e. The lowest BCUT2D eigenvalue weighted by molar-refractivity contribution is -0.126. The molecular formula is C16H18N2O2S. The first-order valence-corrected chi connectivity index (χ1v) is 7.92. The van der Waals surface area contributed by atoms with Crippen LogP contribution in [0.3, 0.4) is 0 Å². The number of rotatable bonds is 5. The number of para-hydroxylation sites is 1. The highest BCUT2D eigenvalue weighted by Crippen LogP contribution is 2.32. The smallest absolute Gasteiger partial charge is 0.246 e. The number of hydrogen-bond donors (Lipinski definition) is 1. The van der Waals surface area contributed by atoms with Gasteiger partial charge >= 0.3 is 0 Å². The maximum absolute atomic E-state index is 12.0. The van der Waals surface area contributed by atoms with Crippen molar-refractivity contribution < 1.29 is 9.90 Å². The maximum atomic E-state index is 12.0. The van der Waals surface area contributed by atoms with Crippen molar-refractivity contribution in [3.8, 4) is 0 Å². The van der Waals surface area contributed by atoms with Crippen LogP contribution in [-0.4, -0.2) is 40.6 Å². The molecule has 2 aromatic rings. The molecule has 1 aliphatic rings. The molecule has 1 amide bonds. The number of aromatic nitrogens is 1. The number of likely N-dealkylation sites (N-methyl/N-ethyl adjacent to an activating group) is 1. The molecule has 3 rings (SSSR count). The number of nitrogens with zero attached hydrogens (tertiary/aromatic N) is 2. The molecule has 21 heavy (non-hydrogen) atoms. The molecule has 0 bridgehead atoms. The van der Waals surface area contributed by atoms with Gasteiger partial charge < -0.3 is 10.0 Å². The standard InChI is InChI=1S/C16H18N2O2S/c1-18(10-13(19)11-6-7-11)16(20)9-8-15-17-12-4-2-3-5-14(12)21-15/h2-5,8-9,11,13,19H,6-7,10H2,1H3. The zero-order valence-electron chi connectivity index (χ0n) is 11.9. The van der Waals surface area contributed by atoms with Gasteiger partial charge in [-0.25, -0.2) is 4.98 Å². The second-order valence-corrected chi connectivity index (χ2v) is 6.54. The molecule has 4 nitrogen and oxygen atoms in total. The van der Waals surface area contributed by atoms with Gasteiger partial charge in [0.05, 0.1) is 16.3 Å². The van der Waals surface area contributed by atoms with Crippen LogP contribution in [0.4, 0.5) is 0 Å². The molecule has 1 saturated carbocycles. The molecule has 0 saturated heterocycles. The van der Waals surface area contributed by atoms with Gasteiger partial charge in [0, 0.05) is 19.7 Å². The lowest BCUT2D eigenvalue weighted by Crippen LogP contribution is -2.34. The number of aliphatic hydroxyl groups is 1. The predicted octanol–water partition coefficient (Wildman–Crippen LogP) is 2.54. The average molecular weight is 302 g/mol. The molecule has 1 aromatic heterocycles. The van der Waals surface area contributed by atoms with Crippen LogP contribution in [0.5, 0.6) is 0 Å². The highest BCUT2D eigenvalue weighted by molar-refractivity contribution is 7.19. The fourth-order valence-corrected chi connectivity index (χ4v) is 3.10. The third-order valence-electron chi connectivity index (χ3n) is 3.68. The number of amides is 1. The van der Waals surface area contributed by atoms with E-state index >= 15 is 0 Å². The van der Waals surface area contributed by atoms with Gasteiger partial charge in [-0.05, 0) is 37.0 Å². The number of aliphatic hydroxyl groups excluding tert-OH is 1. The molecule has 110 valence electrons. The van der Waals surface area contributed by atoms with Crippen molar-refractivity contribution >= 4 is 33.5 Å². The van der Waals surface area contributed by atoms with E-state index in [4.69, 9.17) is 0 Å². The van der Waals surface area contributed by atoms with E-state index < -0.39 is 6.10 Å². The summed E-state index contributed by atoms with van der Waals surface area (Å²) in [4.78, 5) is 18.0. The topological polar surface area (TPSA) is 53.4 Å². The van der Waals surface area contributed by atoms with Crippen LogP contribution in [0.2, 0.25) is 0 Å². The lowest BCUT2D eigenvalue weighted by atomic mass is 10.2. The molecule has 1 fully saturated rings. The fourth-order valence-electron chi connectivity index (χ4n) is 2.23. The molecule has 1 unspecified atom stereocenters. The number of benzene rings is 1. The molecule has 1 atom stereocenters. The third kappa shape index (κ3) is 3.49. The third-order valence-corrected chi connectivity index (χ3v) is 4.68. The Kier molecular flexibility index (Phi) is 4.03. The molecule has 0 aliphatic heterocycles. The summed E-state index contributed by atoms with van der Waals surface area (Å²) in [5.41, 5.74) is 0.951. The molecular weight excluding hydrogens is 284 g/mol. The van der Waals surface area contributed by atoms with Crippen LogP contribution in [0.25, 0.3) is 16.3 Å². The van der Waals surface area contributed by atoms with Crippen molar-refractivity contribution in [3.63, 3.8) is 0 Å². The first-order chi connectivity index (χ1) is 10.1. The van der Waals surface area contributed by atoms with Crippen molar-refractivity contribution in [2.75, 3.05) is 13.6 Å². The Labute approximate surface area is 127 Å². The minimum Gasteiger partial charge on any atom is -0.391 e. The first kappa shape index (κ1) is 14.2. The predicted molar refractivity (Wildman–Crippen MR) is 85.0 cm³/mol. The number of thiazole rings is 1. The number of carbonyl (C=O) groups is 1. The van der Waals surface area contributed by atoms with Crippen LogP contribution >= 0.6 is 11.3 Å². The lowest BCUT2D eigenvalue weighted by Gasteiger charge is -2.19. The second kappa shape index (κ2) is 5.95. The Morgan fingerprint density at radius 2 is 2.29 bits per heavy atom. The Balaban J connectivity index is 1.62. The van der Waals surface area contributed by atoms with E-state index in [-0.39, 0.29) is 5.91 Å². The number of carbonyl (C=O) groups excluding carboxylic acids is 1. The van der Waals surface area contributed by atoms with Gasteiger partial charge in [-0.1, -0.05) is 12.1 Å². The van der Waals surface area contributed by atoms with E-state index in [1.165, 1.54) is 6.08 Å². The summed E-state index contributed by atoms with van der Waals surface area (Å²) in [6.07, 6.45) is 5.02. The zero-order valence-corrected chi connectivity index (χ0v) is 12.7. The molecule has 1 aromatic carbocycles. The second-order valence-electron chi connectivity index (χ2n) is 5.48. The van der Waals surface area contributed by atoms with Crippen LogP contribution in [0.1, 0.15) is 17.8 Å². The minimum atomic E-state index is -0.394. The van der Waals surface area contributed by atoms with E-state index in [1.807, 2.05) is 24.3 Å². The van der Waals surface area contributed by atoms with Gasteiger partial charge in [-0.15, -0.1) is 11.3 Å². The van der Waals surface area contributed by atoms with Crippen LogP contribution in [0.15, 0.2) is 30.3 Å². The zero-order chi connectivity index (χ0) is 14.8. The quantitative estimate of drug-likeness (QED) is 0.864. The average Bonchev–Trinajstić information content (AvgIpc) is 3.24. The van der Waals surface area contributed by atoms with Gasteiger partial charge in [0.15, 0.2) is 0 Å². The molecule has 5 heteroatoms. The van der Waals surface area contributed by atoms with Gasteiger partial charge in [0.1, 0.15) is 5.01 Å². The summed E-state index contributed by atoms with van der Waals surface area (Å²) in [5, 5.41) is 10.7. The molecule has 0 radical (unpaired) electrons. The van der Waals surface area contributed by atoms with E-state index in [9.17, 15) is 9.90 Å². The summed E-state index contributed by atoms with van der Waals surface area (Å²) in [5.74, 6) is 0.280. The van der Waals surface area contributed by atoms with Gasteiger partial charge in [-0.2, -0.15) is 0 Å². The van der Waals surface area contributed by atoms with E-state index in [0.29, 0.717) is 12.5 Å². The Morgan fingerprint density at radius 1 is 1.52 bits per heavy atom. The summed E-state index contributed by atoms with van der Waals surface area (Å²) in [6, 6.07) is 7.91. The van der Waals surface area contributed by atoms with Crippen LogP contribution < -0.4 is 0 Å². The Hall–Kier alpha value is -1.72. The van der Waals surface area contributed by atoms with Gasteiger partial charge in [0.2, 0.25) is 5.91 Å². The van der Waals surface area contributed by atoms with E-state index in [0.717, 1.165) is 28.1 Å². The summed E-state index contributed by atoms with van der Waals surface area (Å²) in [6.45, 7) is 0.397. The molecule has 0 spiro atoms. The molecule has 1 heterocycles. The van der Waals surface area contributed by atoms with E-state index in [2.05, 4.69) is 4.98 Å². The SMILES string of the molecule is CN(CC(O)C1CC1)C(=O)C=Cc1nc2ccccc2s1. The van der Waals surface area contributed by atoms with Crippen molar-refractivity contribution in [3.05, 3.63) is 35.3 Å².